The average molecular weight is 653 g/mol. The second-order valence-electron chi connectivity index (χ2n) is 12.2. The largest absolute Gasteiger partial charge is 0.390 e. The van der Waals surface area contributed by atoms with Crippen LogP contribution in [-0.2, 0) is 22.6 Å². The Bertz CT molecular complexity index is 1410. The van der Waals surface area contributed by atoms with E-state index < -0.39 is 65.5 Å². The smallest absolute Gasteiger partial charge is 0.253 e. The van der Waals surface area contributed by atoms with Gasteiger partial charge in [0.25, 0.3) is 5.91 Å². The molecule has 0 spiro atoms. The Morgan fingerprint density at radius 1 is 0.830 bits per heavy atom. The second kappa shape index (κ2) is 18.8. The first-order valence-corrected chi connectivity index (χ1v) is 16.1. The van der Waals surface area contributed by atoms with E-state index in [9.17, 15) is 33.4 Å². The number of hydrogen-bond acceptors (Lipinski definition) is 6. The van der Waals surface area contributed by atoms with Gasteiger partial charge in [0.05, 0.1) is 23.6 Å². The molecular weight excluding hydrogens is 606 g/mol. The minimum atomic E-state index is -1.73. The number of nitrogens with zero attached hydrogens (tertiary/aromatic N) is 1. The van der Waals surface area contributed by atoms with Crippen LogP contribution >= 0.6 is 0 Å². The van der Waals surface area contributed by atoms with Crippen molar-refractivity contribution in [2.24, 2.45) is 11.8 Å². The van der Waals surface area contributed by atoms with Crippen molar-refractivity contribution in [3.8, 4) is 0 Å². The summed E-state index contributed by atoms with van der Waals surface area (Å²) in [4.78, 5) is 44.0. The van der Waals surface area contributed by atoms with Gasteiger partial charge >= 0.3 is 0 Å². The topological polar surface area (TPSA) is 141 Å². The fourth-order valence-electron chi connectivity index (χ4n) is 5.51. The Balaban J connectivity index is 1.87. The third kappa shape index (κ3) is 11.8. The van der Waals surface area contributed by atoms with E-state index in [1.165, 1.54) is 12.4 Å². The average Bonchev–Trinajstić information content (AvgIpc) is 3.04. The molecule has 0 aliphatic carbocycles. The van der Waals surface area contributed by atoms with E-state index in [0.29, 0.717) is 12.5 Å². The lowest BCUT2D eigenvalue weighted by atomic mass is 9.83. The van der Waals surface area contributed by atoms with Gasteiger partial charge in [0.15, 0.2) is 0 Å². The zero-order chi connectivity index (χ0) is 34.3. The number of aliphatic hydroxyl groups excluding tert-OH is 2. The van der Waals surface area contributed by atoms with Crippen LogP contribution in [0.25, 0.3) is 0 Å². The number of rotatable bonds is 18. The highest BCUT2D eigenvalue weighted by Crippen LogP contribution is 2.23. The Labute approximate surface area is 275 Å². The zero-order valence-electron chi connectivity index (χ0n) is 27.2. The van der Waals surface area contributed by atoms with Gasteiger partial charge in [-0.1, -0.05) is 76.8 Å². The molecule has 5 N–H and O–H groups in total. The Kier molecular flexibility index (Phi) is 14.9. The molecule has 1 heterocycles. The minimum absolute atomic E-state index is 0.118. The van der Waals surface area contributed by atoms with Gasteiger partial charge in [-0.15, -0.1) is 0 Å². The first-order valence-electron chi connectivity index (χ1n) is 16.1. The summed E-state index contributed by atoms with van der Waals surface area (Å²) in [6.45, 7) is 5.69. The van der Waals surface area contributed by atoms with Gasteiger partial charge in [-0.25, -0.2) is 8.78 Å². The van der Waals surface area contributed by atoms with E-state index in [0.717, 1.165) is 37.0 Å². The molecule has 3 rings (SSSR count). The predicted octanol–water partition coefficient (Wildman–Crippen LogP) is 4.47. The van der Waals surface area contributed by atoms with Crippen LogP contribution in [0.15, 0.2) is 73.1 Å². The monoisotopic (exact) mass is 652 g/mol. The van der Waals surface area contributed by atoms with Gasteiger partial charge in [-0.05, 0) is 54.2 Å². The van der Waals surface area contributed by atoms with E-state index in [4.69, 9.17) is 0 Å². The van der Waals surface area contributed by atoms with Crippen molar-refractivity contribution in [2.75, 3.05) is 0 Å². The van der Waals surface area contributed by atoms with Crippen LogP contribution in [-0.4, -0.2) is 57.2 Å². The van der Waals surface area contributed by atoms with Crippen LogP contribution in [0.4, 0.5) is 8.78 Å². The molecule has 1 aromatic heterocycles. The maximum Gasteiger partial charge on any atom is 0.253 e. The molecule has 0 aliphatic heterocycles. The van der Waals surface area contributed by atoms with Crippen LogP contribution in [0.1, 0.15) is 74.4 Å². The summed E-state index contributed by atoms with van der Waals surface area (Å²) in [5, 5.41) is 31.2. The Morgan fingerprint density at radius 3 is 2.15 bits per heavy atom. The van der Waals surface area contributed by atoms with Crippen molar-refractivity contribution < 1.29 is 33.4 Å². The molecule has 9 nitrogen and oxygen atoms in total. The molecule has 0 bridgehead atoms. The van der Waals surface area contributed by atoms with Gasteiger partial charge in [0, 0.05) is 25.0 Å². The van der Waals surface area contributed by atoms with Crippen LogP contribution in [0, 0.1) is 23.5 Å². The third-order valence-corrected chi connectivity index (χ3v) is 8.06. The number of carbonyl (C=O) groups excluding carboxylic acids is 3. The van der Waals surface area contributed by atoms with Gasteiger partial charge in [-0.2, -0.15) is 0 Å². The number of unbranched alkanes of at least 4 members (excludes halogenated alkanes) is 3. The molecule has 0 saturated carbocycles. The van der Waals surface area contributed by atoms with Crippen LogP contribution in [0.2, 0.25) is 0 Å². The molecule has 254 valence electrons. The summed E-state index contributed by atoms with van der Waals surface area (Å²) in [5.41, 5.74) is 1.21. The summed E-state index contributed by atoms with van der Waals surface area (Å²) in [5.74, 6) is -4.89. The van der Waals surface area contributed by atoms with Crippen molar-refractivity contribution in [3.63, 3.8) is 0 Å². The van der Waals surface area contributed by atoms with Crippen LogP contribution < -0.4 is 16.0 Å². The normalized spacial score (nSPS) is 14.5. The van der Waals surface area contributed by atoms with Gasteiger partial charge in [-0.3, -0.25) is 19.4 Å². The first-order chi connectivity index (χ1) is 22.5. The summed E-state index contributed by atoms with van der Waals surface area (Å²) in [7, 11) is 0. The molecule has 47 heavy (non-hydrogen) atoms. The number of aliphatic hydroxyl groups is 2. The van der Waals surface area contributed by atoms with Gasteiger partial charge in [0.2, 0.25) is 11.8 Å². The molecule has 5 atom stereocenters. The molecule has 3 aromatic rings. The highest BCUT2D eigenvalue weighted by molar-refractivity contribution is 5.97. The molecule has 0 saturated heterocycles. The Morgan fingerprint density at radius 2 is 1.53 bits per heavy atom. The first kappa shape index (κ1) is 37.2. The standard InChI is InChI=1S/C36H46F2N4O5/c1-4-5-6-10-15-29(41-34(45)26-14-11-16-39-22-26)35(46)42-30(19-25-17-27(37)20-28(38)18-25)32(43)33(44)31(23(2)3)36(47)40-21-24-12-8-7-9-13-24/h7-9,11-14,16-18,20,22-23,29-33,43-44H,4-6,10,15,19,21H2,1-3H3,(H,40,47)(H,41,45)(H,42,46)/t29?,30-,31+,32+,33+/m0/s1. The summed E-state index contributed by atoms with van der Waals surface area (Å²) >= 11 is 0. The van der Waals surface area contributed by atoms with E-state index in [2.05, 4.69) is 20.9 Å². The SMILES string of the molecule is CCCCCCC(NC(=O)c1cccnc1)C(=O)N[C@@H](Cc1cc(F)cc(F)c1)[C@@H](O)[C@H](O)[C@H](C(=O)NCc1ccccc1)C(C)C. The maximum absolute atomic E-state index is 14.2. The summed E-state index contributed by atoms with van der Waals surface area (Å²) in [6.07, 6.45) is 2.87. The second-order valence-corrected chi connectivity index (χ2v) is 12.2. The van der Waals surface area contributed by atoms with Crippen molar-refractivity contribution in [3.05, 3.63) is 101 Å². The van der Waals surface area contributed by atoms with Crippen molar-refractivity contribution in [2.45, 2.75) is 90.1 Å². The summed E-state index contributed by atoms with van der Waals surface area (Å²) in [6, 6.07) is 12.9. The Hall–Kier alpha value is -4.22. The quantitative estimate of drug-likeness (QED) is 0.129. The molecule has 0 radical (unpaired) electrons. The zero-order valence-corrected chi connectivity index (χ0v) is 27.2. The number of halogens is 2. The lowest BCUT2D eigenvalue weighted by molar-refractivity contribution is -0.136. The number of amides is 3. The molecule has 0 fully saturated rings. The third-order valence-electron chi connectivity index (χ3n) is 8.06. The maximum atomic E-state index is 14.2. The van der Waals surface area contributed by atoms with Crippen molar-refractivity contribution >= 4 is 17.7 Å². The van der Waals surface area contributed by atoms with Crippen LogP contribution in [0.5, 0.6) is 0 Å². The fraction of sp³-hybridized carbons (Fsp3) is 0.444. The lowest BCUT2D eigenvalue weighted by Gasteiger charge is -2.34. The number of aromatic nitrogens is 1. The van der Waals surface area contributed by atoms with E-state index in [1.54, 1.807) is 26.0 Å². The molecule has 0 aliphatic rings. The number of hydrogen-bond donors (Lipinski definition) is 5. The number of pyridine rings is 1. The molecule has 11 heteroatoms. The minimum Gasteiger partial charge on any atom is -0.390 e. The van der Waals surface area contributed by atoms with Gasteiger partial charge < -0.3 is 26.2 Å². The molecular formula is C36H46F2N4O5. The van der Waals surface area contributed by atoms with E-state index >= 15 is 0 Å². The predicted molar refractivity (Wildman–Crippen MR) is 175 cm³/mol. The van der Waals surface area contributed by atoms with Gasteiger partial charge in [0.1, 0.15) is 23.8 Å². The number of nitrogens with one attached hydrogen (secondary N) is 3. The van der Waals surface area contributed by atoms with Crippen LogP contribution in [0.3, 0.4) is 0 Å². The molecule has 1 unspecified atom stereocenters. The highest BCUT2D eigenvalue weighted by atomic mass is 19.1. The number of carbonyl (C=O) groups is 3. The molecule has 2 aromatic carbocycles. The molecule has 3 amide bonds. The number of benzene rings is 2. The summed E-state index contributed by atoms with van der Waals surface area (Å²) < 4.78 is 28.3. The van der Waals surface area contributed by atoms with E-state index in [1.807, 2.05) is 37.3 Å². The van der Waals surface area contributed by atoms with Crippen molar-refractivity contribution in [1.29, 1.82) is 0 Å². The fourth-order valence-corrected chi connectivity index (χ4v) is 5.51. The highest BCUT2D eigenvalue weighted by Gasteiger charge is 2.39. The lowest BCUT2D eigenvalue weighted by Crippen LogP contribution is -2.58. The van der Waals surface area contributed by atoms with E-state index in [-0.39, 0.29) is 30.5 Å². The van der Waals surface area contributed by atoms with Crippen molar-refractivity contribution in [1.82, 2.24) is 20.9 Å².